The molecular weight excluding hydrogens is 444 g/mol. The van der Waals surface area contributed by atoms with Crippen LogP contribution in [-0.2, 0) is 16.0 Å². The van der Waals surface area contributed by atoms with Crippen molar-refractivity contribution in [3.05, 3.63) is 95.6 Å². The predicted octanol–water partition coefficient (Wildman–Crippen LogP) is 3.65. The van der Waals surface area contributed by atoms with Crippen molar-refractivity contribution in [2.24, 2.45) is 0 Å². The van der Waals surface area contributed by atoms with Crippen LogP contribution in [0.25, 0.3) is 0 Å². The molecule has 1 N–H and O–H groups in total. The minimum absolute atomic E-state index is 0.102. The van der Waals surface area contributed by atoms with E-state index in [0.717, 1.165) is 11.1 Å². The Kier molecular flexibility index (Phi) is 8.35. The number of hydrogen-bond donors (Lipinski definition) is 1. The molecule has 1 fully saturated rings. The second kappa shape index (κ2) is 12.0. The molecule has 7 heteroatoms. The van der Waals surface area contributed by atoms with Gasteiger partial charge in [0.15, 0.2) is 18.1 Å². The number of morpholine rings is 1. The summed E-state index contributed by atoms with van der Waals surface area (Å²) < 4.78 is 16.4. The first-order chi connectivity index (χ1) is 17.1. The standard InChI is InChI=1S/C28H30N2O5/c1-33-26-19-23(12-13-25(26)35-20-27(31)30-14-16-34-17-15-30)28(32)29-24(22-10-6-3-7-11-22)18-21-8-4-2-5-9-21/h2-13,19,24H,14-18,20H2,1H3,(H,29,32). The number of benzene rings is 3. The van der Waals surface area contributed by atoms with Gasteiger partial charge in [0.25, 0.3) is 11.8 Å². The van der Waals surface area contributed by atoms with E-state index in [4.69, 9.17) is 14.2 Å². The fraction of sp³-hybridized carbons (Fsp3) is 0.286. The van der Waals surface area contributed by atoms with Gasteiger partial charge in [0.1, 0.15) is 0 Å². The summed E-state index contributed by atoms with van der Waals surface area (Å²) in [4.78, 5) is 27.3. The molecule has 0 spiro atoms. The Labute approximate surface area is 205 Å². The fourth-order valence-electron chi connectivity index (χ4n) is 4.00. The summed E-state index contributed by atoms with van der Waals surface area (Å²) in [5.74, 6) is 0.481. The van der Waals surface area contributed by atoms with Gasteiger partial charge in [-0.1, -0.05) is 60.7 Å². The van der Waals surface area contributed by atoms with Crippen LogP contribution in [-0.4, -0.2) is 56.7 Å². The lowest BCUT2D eigenvalue weighted by molar-refractivity contribution is -0.137. The maximum Gasteiger partial charge on any atom is 0.260 e. The molecular formula is C28H30N2O5. The Bertz CT molecular complexity index is 1110. The second-order valence-corrected chi connectivity index (χ2v) is 8.27. The van der Waals surface area contributed by atoms with E-state index in [2.05, 4.69) is 17.4 Å². The summed E-state index contributed by atoms with van der Waals surface area (Å²) in [5.41, 5.74) is 2.61. The van der Waals surface area contributed by atoms with Crippen molar-refractivity contribution >= 4 is 11.8 Å². The van der Waals surface area contributed by atoms with Crippen LogP contribution < -0.4 is 14.8 Å². The van der Waals surface area contributed by atoms with Gasteiger partial charge in [0.05, 0.1) is 26.4 Å². The van der Waals surface area contributed by atoms with E-state index in [1.54, 1.807) is 23.1 Å². The summed E-state index contributed by atoms with van der Waals surface area (Å²) in [6.07, 6.45) is 0.665. The lowest BCUT2D eigenvalue weighted by Gasteiger charge is -2.26. The van der Waals surface area contributed by atoms with Crippen molar-refractivity contribution in [3.8, 4) is 11.5 Å². The van der Waals surface area contributed by atoms with E-state index in [9.17, 15) is 9.59 Å². The molecule has 2 amide bonds. The van der Waals surface area contributed by atoms with Crippen LogP contribution in [0.5, 0.6) is 11.5 Å². The van der Waals surface area contributed by atoms with Gasteiger partial charge >= 0.3 is 0 Å². The van der Waals surface area contributed by atoms with Crippen molar-refractivity contribution in [2.75, 3.05) is 40.0 Å². The van der Waals surface area contributed by atoms with Gasteiger partial charge in [0.2, 0.25) is 0 Å². The van der Waals surface area contributed by atoms with E-state index >= 15 is 0 Å². The third-order valence-corrected chi connectivity index (χ3v) is 5.93. The first-order valence-corrected chi connectivity index (χ1v) is 11.7. The Morgan fingerprint density at radius 1 is 0.943 bits per heavy atom. The number of methoxy groups -OCH3 is 1. The zero-order valence-corrected chi connectivity index (χ0v) is 19.8. The largest absolute Gasteiger partial charge is 0.493 e. The molecule has 3 aromatic carbocycles. The molecule has 1 atom stereocenters. The highest BCUT2D eigenvalue weighted by Crippen LogP contribution is 2.29. The summed E-state index contributed by atoms with van der Waals surface area (Å²) in [6.45, 7) is 2.09. The highest BCUT2D eigenvalue weighted by molar-refractivity contribution is 5.95. The normalized spacial score (nSPS) is 14.1. The molecule has 1 saturated heterocycles. The van der Waals surface area contributed by atoms with Crippen molar-refractivity contribution in [2.45, 2.75) is 12.5 Å². The van der Waals surface area contributed by atoms with Gasteiger partial charge in [-0.05, 0) is 35.7 Å². The summed E-state index contributed by atoms with van der Waals surface area (Å²) in [7, 11) is 1.51. The molecule has 1 heterocycles. The van der Waals surface area contributed by atoms with Gasteiger partial charge in [-0.2, -0.15) is 0 Å². The van der Waals surface area contributed by atoms with Gasteiger partial charge in [-0.15, -0.1) is 0 Å². The molecule has 0 aromatic heterocycles. The van der Waals surface area contributed by atoms with Gasteiger partial charge < -0.3 is 24.4 Å². The highest BCUT2D eigenvalue weighted by atomic mass is 16.5. The smallest absolute Gasteiger partial charge is 0.260 e. The summed E-state index contributed by atoms with van der Waals surface area (Å²) in [6, 6.07) is 24.7. The van der Waals surface area contributed by atoms with Crippen LogP contribution in [0.1, 0.15) is 27.5 Å². The van der Waals surface area contributed by atoms with E-state index < -0.39 is 0 Å². The minimum Gasteiger partial charge on any atom is -0.493 e. The molecule has 1 unspecified atom stereocenters. The molecule has 0 radical (unpaired) electrons. The second-order valence-electron chi connectivity index (χ2n) is 8.27. The third-order valence-electron chi connectivity index (χ3n) is 5.93. The number of nitrogens with one attached hydrogen (secondary N) is 1. The Hall–Kier alpha value is -3.84. The van der Waals surface area contributed by atoms with Crippen molar-refractivity contribution in [3.63, 3.8) is 0 Å². The average Bonchev–Trinajstić information content (AvgIpc) is 2.92. The molecule has 0 aliphatic carbocycles. The first-order valence-electron chi connectivity index (χ1n) is 11.7. The molecule has 1 aliphatic heterocycles. The number of carbonyl (C=O) groups is 2. The molecule has 3 aromatic rings. The number of amides is 2. The van der Waals surface area contributed by atoms with Crippen molar-refractivity contribution in [1.82, 2.24) is 10.2 Å². The molecule has 35 heavy (non-hydrogen) atoms. The Balaban J connectivity index is 1.45. The van der Waals surface area contributed by atoms with E-state index in [0.29, 0.717) is 49.8 Å². The van der Waals surface area contributed by atoms with E-state index in [1.165, 1.54) is 7.11 Å². The van der Waals surface area contributed by atoms with Crippen molar-refractivity contribution in [1.29, 1.82) is 0 Å². The molecule has 1 aliphatic rings. The minimum atomic E-state index is -0.218. The molecule has 7 nitrogen and oxygen atoms in total. The molecule has 0 bridgehead atoms. The Morgan fingerprint density at radius 3 is 2.31 bits per heavy atom. The quantitative estimate of drug-likeness (QED) is 0.512. The zero-order valence-electron chi connectivity index (χ0n) is 19.8. The van der Waals surface area contributed by atoms with Crippen LogP contribution >= 0.6 is 0 Å². The number of hydrogen-bond acceptors (Lipinski definition) is 5. The van der Waals surface area contributed by atoms with Crippen LogP contribution in [0.2, 0.25) is 0 Å². The molecule has 0 saturated carbocycles. The summed E-state index contributed by atoms with van der Waals surface area (Å²) >= 11 is 0. The highest BCUT2D eigenvalue weighted by Gasteiger charge is 2.20. The monoisotopic (exact) mass is 474 g/mol. The maximum absolute atomic E-state index is 13.2. The number of ether oxygens (including phenoxy) is 3. The zero-order chi connectivity index (χ0) is 24.5. The topological polar surface area (TPSA) is 77.1 Å². The van der Waals surface area contributed by atoms with E-state index in [-0.39, 0.29) is 24.5 Å². The van der Waals surface area contributed by atoms with Crippen LogP contribution in [0.15, 0.2) is 78.9 Å². The van der Waals surface area contributed by atoms with Crippen molar-refractivity contribution < 1.29 is 23.8 Å². The SMILES string of the molecule is COc1cc(C(=O)NC(Cc2ccccc2)c2ccccc2)ccc1OCC(=O)N1CCOCC1. The maximum atomic E-state index is 13.2. The van der Waals surface area contributed by atoms with Crippen LogP contribution in [0, 0.1) is 0 Å². The molecule has 4 rings (SSSR count). The fourth-order valence-corrected chi connectivity index (χ4v) is 4.00. The number of rotatable bonds is 9. The average molecular weight is 475 g/mol. The third kappa shape index (κ3) is 6.61. The molecule has 182 valence electrons. The first kappa shape index (κ1) is 24.3. The van der Waals surface area contributed by atoms with Gasteiger partial charge in [0, 0.05) is 18.7 Å². The van der Waals surface area contributed by atoms with Gasteiger partial charge in [-0.3, -0.25) is 9.59 Å². The summed E-state index contributed by atoms with van der Waals surface area (Å²) in [5, 5.41) is 3.15. The lowest BCUT2D eigenvalue weighted by atomic mass is 9.98. The van der Waals surface area contributed by atoms with Crippen LogP contribution in [0.3, 0.4) is 0 Å². The Morgan fingerprint density at radius 2 is 1.63 bits per heavy atom. The number of nitrogens with zero attached hydrogens (tertiary/aromatic N) is 1. The van der Waals surface area contributed by atoms with Crippen LogP contribution in [0.4, 0.5) is 0 Å². The lowest BCUT2D eigenvalue weighted by Crippen LogP contribution is -2.43. The predicted molar refractivity (Wildman–Crippen MR) is 133 cm³/mol. The van der Waals surface area contributed by atoms with E-state index in [1.807, 2.05) is 48.5 Å². The van der Waals surface area contributed by atoms with Gasteiger partial charge in [-0.25, -0.2) is 0 Å². The number of carbonyl (C=O) groups excluding carboxylic acids is 2.